The summed E-state index contributed by atoms with van der Waals surface area (Å²) in [7, 11) is 0. The first-order valence-corrected chi connectivity index (χ1v) is 7.22. The molecule has 0 fully saturated rings. The second-order valence-electron chi connectivity index (χ2n) is 4.15. The minimum atomic E-state index is -0.157. The number of aromatic nitrogens is 1. The molecule has 0 spiro atoms. The SMILES string of the molecule is CCCCNC(=O)Nc1ccc(-c2nccs2)cc1. The third kappa shape index (κ3) is 4.06. The number of urea groups is 1. The Morgan fingerprint density at radius 1 is 1.32 bits per heavy atom. The molecule has 0 aliphatic carbocycles. The lowest BCUT2D eigenvalue weighted by molar-refractivity contribution is 0.252. The highest BCUT2D eigenvalue weighted by Gasteiger charge is 2.03. The molecule has 2 aromatic rings. The van der Waals surface area contributed by atoms with Crippen molar-refractivity contribution in [3.8, 4) is 10.6 Å². The minimum Gasteiger partial charge on any atom is -0.338 e. The van der Waals surface area contributed by atoms with E-state index in [1.807, 2.05) is 29.6 Å². The van der Waals surface area contributed by atoms with E-state index in [1.54, 1.807) is 17.5 Å². The van der Waals surface area contributed by atoms with Crippen molar-refractivity contribution in [2.24, 2.45) is 0 Å². The zero-order valence-electron chi connectivity index (χ0n) is 10.8. The van der Waals surface area contributed by atoms with E-state index in [1.165, 1.54) is 0 Å². The largest absolute Gasteiger partial charge is 0.338 e. The van der Waals surface area contributed by atoms with Crippen LogP contribution in [0.4, 0.5) is 10.5 Å². The van der Waals surface area contributed by atoms with Gasteiger partial charge in [-0.25, -0.2) is 9.78 Å². The number of anilines is 1. The van der Waals surface area contributed by atoms with Gasteiger partial charge in [0.05, 0.1) is 0 Å². The number of hydrogen-bond acceptors (Lipinski definition) is 3. The Bertz CT molecular complexity index is 508. The number of nitrogens with zero attached hydrogens (tertiary/aromatic N) is 1. The fourth-order valence-electron chi connectivity index (χ4n) is 1.62. The van der Waals surface area contributed by atoms with Crippen molar-refractivity contribution in [1.29, 1.82) is 0 Å². The highest BCUT2D eigenvalue weighted by Crippen LogP contribution is 2.23. The number of hydrogen-bond donors (Lipinski definition) is 2. The van der Waals surface area contributed by atoms with Gasteiger partial charge in [0.15, 0.2) is 0 Å². The Balaban J connectivity index is 1.90. The molecule has 5 heteroatoms. The molecule has 1 heterocycles. The third-order valence-electron chi connectivity index (χ3n) is 2.64. The Morgan fingerprint density at radius 2 is 2.11 bits per heavy atom. The van der Waals surface area contributed by atoms with Gasteiger partial charge in [0.2, 0.25) is 0 Å². The van der Waals surface area contributed by atoms with Gasteiger partial charge in [-0.05, 0) is 30.7 Å². The second-order valence-corrected chi connectivity index (χ2v) is 5.04. The van der Waals surface area contributed by atoms with Crippen molar-refractivity contribution in [2.45, 2.75) is 19.8 Å². The molecular formula is C14H17N3OS. The van der Waals surface area contributed by atoms with Crippen molar-refractivity contribution >= 4 is 23.1 Å². The van der Waals surface area contributed by atoms with Crippen LogP contribution < -0.4 is 10.6 Å². The Kier molecular flexibility index (Phi) is 4.92. The first kappa shape index (κ1) is 13.5. The summed E-state index contributed by atoms with van der Waals surface area (Å²) in [6.45, 7) is 2.80. The number of thiazole rings is 1. The van der Waals surface area contributed by atoms with Crippen LogP contribution in [0, 0.1) is 0 Å². The van der Waals surface area contributed by atoms with Crippen LogP contribution in [0.25, 0.3) is 10.6 Å². The average molecular weight is 275 g/mol. The summed E-state index contributed by atoms with van der Waals surface area (Å²) >= 11 is 1.60. The van der Waals surface area contributed by atoms with Crippen LogP contribution in [0.15, 0.2) is 35.8 Å². The van der Waals surface area contributed by atoms with Gasteiger partial charge in [0, 0.05) is 29.4 Å². The summed E-state index contributed by atoms with van der Waals surface area (Å²) in [4.78, 5) is 15.8. The highest BCUT2D eigenvalue weighted by molar-refractivity contribution is 7.13. The summed E-state index contributed by atoms with van der Waals surface area (Å²) in [5.74, 6) is 0. The summed E-state index contributed by atoms with van der Waals surface area (Å²) in [5.41, 5.74) is 1.85. The van der Waals surface area contributed by atoms with Gasteiger partial charge < -0.3 is 10.6 Å². The summed E-state index contributed by atoms with van der Waals surface area (Å²) in [5, 5.41) is 8.55. The molecule has 0 atom stereocenters. The molecule has 0 saturated heterocycles. The van der Waals surface area contributed by atoms with Gasteiger partial charge >= 0.3 is 6.03 Å². The van der Waals surface area contributed by atoms with Crippen LogP contribution in [-0.4, -0.2) is 17.6 Å². The van der Waals surface area contributed by atoms with E-state index >= 15 is 0 Å². The molecule has 1 aromatic heterocycles. The summed E-state index contributed by atoms with van der Waals surface area (Å²) in [6.07, 6.45) is 3.85. The lowest BCUT2D eigenvalue weighted by atomic mass is 10.2. The minimum absolute atomic E-state index is 0.157. The maximum Gasteiger partial charge on any atom is 0.319 e. The van der Waals surface area contributed by atoms with Crippen LogP contribution in [0.3, 0.4) is 0 Å². The zero-order chi connectivity index (χ0) is 13.5. The first-order chi connectivity index (χ1) is 9.29. The van der Waals surface area contributed by atoms with Crippen molar-refractivity contribution in [3.05, 3.63) is 35.8 Å². The molecule has 2 N–H and O–H groups in total. The number of carbonyl (C=O) groups excluding carboxylic acids is 1. The van der Waals surface area contributed by atoms with E-state index in [2.05, 4.69) is 22.5 Å². The molecule has 0 bridgehead atoms. The van der Waals surface area contributed by atoms with Gasteiger partial charge in [0.25, 0.3) is 0 Å². The van der Waals surface area contributed by atoms with E-state index in [0.717, 1.165) is 29.1 Å². The quantitative estimate of drug-likeness (QED) is 0.817. The van der Waals surface area contributed by atoms with E-state index in [-0.39, 0.29) is 6.03 Å². The number of benzene rings is 1. The Labute approximate surface area is 116 Å². The lowest BCUT2D eigenvalue weighted by Crippen LogP contribution is -2.29. The van der Waals surface area contributed by atoms with Crippen molar-refractivity contribution < 1.29 is 4.79 Å². The number of rotatable bonds is 5. The standard InChI is InChI=1S/C14H17N3OS/c1-2-3-8-16-14(18)17-12-6-4-11(5-7-12)13-15-9-10-19-13/h4-7,9-10H,2-3,8H2,1H3,(H2,16,17,18). The first-order valence-electron chi connectivity index (χ1n) is 6.34. The molecule has 0 aliphatic rings. The van der Waals surface area contributed by atoms with Crippen LogP contribution in [0.5, 0.6) is 0 Å². The average Bonchev–Trinajstić information content (AvgIpc) is 2.94. The van der Waals surface area contributed by atoms with Crippen LogP contribution >= 0.6 is 11.3 Å². The van der Waals surface area contributed by atoms with Gasteiger partial charge in [-0.15, -0.1) is 11.3 Å². The van der Waals surface area contributed by atoms with E-state index in [9.17, 15) is 4.79 Å². The number of carbonyl (C=O) groups is 1. The lowest BCUT2D eigenvalue weighted by Gasteiger charge is -2.07. The van der Waals surface area contributed by atoms with Crippen molar-refractivity contribution in [2.75, 3.05) is 11.9 Å². The molecule has 1 aromatic carbocycles. The molecule has 2 rings (SSSR count). The summed E-state index contributed by atoms with van der Waals surface area (Å²) < 4.78 is 0. The van der Waals surface area contributed by atoms with Crippen LogP contribution in [0.2, 0.25) is 0 Å². The van der Waals surface area contributed by atoms with Gasteiger partial charge in [-0.2, -0.15) is 0 Å². The maximum absolute atomic E-state index is 11.6. The maximum atomic E-state index is 11.6. The van der Waals surface area contributed by atoms with Gasteiger partial charge in [-0.1, -0.05) is 13.3 Å². The van der Waals surface area contributed by atoms with E-state index < -0.39 is 0 Å². The Morgan fingerprint density at radius 3 is 2.74 bits per heavy atom. The molecule has 0 saturated carbocycles. The van der Waals surface area contributed by atoms with Crippen LogP contribution in [-0.2, 0) is 0 Å². The van der Waals surface area contributed by atoms with Crippen LogP contribution in [0.1, 0.15) is 19.8 Å². The van der Waals surface area contributed by atoms with E-state index in [4.69, 9.17) is 0 Å². The number of nitrogens with one attached hydrogen (secondary N) is 2. The predicted octanol–water partition coefficient (Wildman–Crippen LogP) is 3.73. The molecule has 2 amide bonds. The van der Waals surface area contributed by atoms with Crippen molar-refractivity contribution in [1.82, 2.24) is 10.3 Å². The molecule has 0 unspecified atom stereocenters. The second kappa shape index (κ2) is 6.89. The van der Waals surface area contributed by atoms with Crippen molar-refractivity contribution in [3.63, 3.8) is 0 Å². The molecular weight excluding hydrogens is 258 g/mol. The fraction of sp³-hybridized carbons (Fsp3) is 0.286. The molecule has 100 valence electrons. The van der Waals surface area contributed by atoms with Gasteiger partial charge in [-0.3, -0.25) is 0 Å². The normalized spacial score (nSPS) is 10.2. The highest BCUT2D eigenvalue weighted by atomic mass is 32.1. The fourth-order valence-corrected chi connectivity index (χ4v) is 2.26. The molecule has 0 aliphatic heterocycles. The predicted molar refractivity (Wildman–Crippen MR) is 79.5 cm³/mol. The number of amides is 2. The smallest absolute Gasteiger partial charge is 0.319 e. The summed E-state index contributed by atoms with van der Waals surface area (Å²) in [6, 6.07) is 7.53. The van der Waals surface area contributed by atoms with E-state index in [0.29, 0.717) is 6.54 Å². The molecule has 0 radical (unpaired) electrons. The zero-order valence-corrected chi connectivity index (χ0v) is 11.7. The third-order valence-corrected chi connectivity index (χ3v) is 3.46. The Hall–Kier alpha value is -1.88. The monoisotopic (exact) mass is 275 g/mol. The molecule has 4 nitrogen and oxygen atoms in total. The van der Waals surface area contributed by atoms with Gasteiger partial charge in [0.1, 0.15) is 5.01 Å². The topological polar surface area (TPSA) is 54.0 Å². The number of unbranched alkanes of at least 4 members (excludes halogenated alkanes) is 1. The molecule has 19 heavy (non-hydrogen) atoms.